The molecular formula is C11H16FNO3S. The average molecular weight is 261 g/mol. The fraction of sp³-hybridized carbons (Fsp3) is 0.455. The molecule has 0 aromatic heterocycles. The van der Waals surface area contributed by atoms with E-state index >= 15 is 0 Å². The second-order valence-corrected chi connectivity index (χ2v) is 5.94. The molecule has 0 spiro atoms. The smallest absolute Gasteiger partial charge is 0.214 e. The van der Waals surface area contributed by atoms with Gasteiger partial charge in [0.1, 0.15) is 5.82 Å². The maximum absolute atomic E-state index is 13.3. The summed E-state index contributed by atoms with van der Waals surface area (Å²) in [6.07, 6.45) is 0.184. The van der Waals surface area contributed by atoms with E-state index in [1.165, 1.54) is 13.1 Å². The van der Waals surface area contributed by atoms with E-state index in [1.54, 1.807) is 18.2 Å². The Balaban J connectivity index is 2.72. The summed E-state index contributed by atoms with van der Waals surface area (Å²) < 4.78 is 37.8. The van der Waals surface area contributed by atoms with Crippen molar-refractivity contribution in [3.05, 3.63) is 35.6 Å². The number of hydrogen-bond donors (Lipinski definition) is 1. The molecule has 0 unspecified atom stereocenters. The van der Waals surface area contributed by atoms with E-state index in [9.17, 15) is 12.8 Å². The Hall–Kier alpha value is -0.980. The standard InChI is InChI=1S/C11H16FNO3S/c1-13(17(15,16)8-4-7-14)9-10-5-2-3-6-11(10)12/h2-3,5-6,14H,4,7-9H2,1H3. The third-order valence-electron chi connectivity index (χ3n) is 2.39. The first-order chi connectivity index (χ1) is 7.97. The molecule has 1 rings (SSSR count). The topological polar surface area (TPSA) is 57.6 Å². The summed E-state index contributed by atoms with van der Waals surface area (Å²) in [4.78, 5) is 0. The van der Waals surface area contributed by atoms with Crippen LogP contribution in [0.3, 0.4) is 0 Å². The molecule has 0 amide bonds. The molecule has 0 bridgehead atoms. The molecule has 0 fully saturated rings. The summed E-state index contributed by atoms with van der Waals surface area (Å²) >= 11 is 0. The van der Waals surface area contributed by atoms with Crippen LogP contribution in [0.25, 0.3) is 0 Å². The van der Waals surface area contributed by atoms with Gasteiger partial charge in [-0.2, -0.15) is 0 Å². The van der Waals surface area contributed by atoms with E-state index in [0.717, 1.165) is 4.31 Å². The van der Waals surface area contributed by atoms with Gasteiger partial charge >= 0.3 is 0 Å². The van der Waals surface area contributed by atoms with Crippen LogP contribution in [0.5, 0.6) is 0 Å². The molecule has 0 saturated carbocycles. The normalized spacial score (nSPS) is 12.0. The van der Waals surface area contributed by atoms with E-state index in [2.05, 4.69) is 0 Å². The first kappa shape index (κ1) is 14.1. The van der Waals surface area contributed by atoms with Gasteiger partial charge < -0.3 is 5.11 Å². The highest BCUT2D eigenvalue weighted by Gasteiger charge is 2.18. The van der Waals surface area contributed by atoms with Gasteiger partial charge in [-0.05, 0) is 12.5 Å². The Morgan fingerprint density at radius 1 is 1.35 bits per heavy atom. The van der Waals surface area contributed by atoms with Crippen LogP contribution in [0.1, 0.15) is 12.0 Å². The van der Waals surface area contributed by atoms with Crippen molar-refractivity contribution in [1.29, 1.82) is 0 Å². The van der Waals surface area contributed by atoms with Gasteiger partial charge in [-0.15, -0.1) is 0 Å². The van der Waals surface area contributed by atoms with Crippen LogP contribution >= 0.6 is 0 Å². The number of rotatable bonds is 6. The Bertz CT molecular complexity index is 462. The minimum atomic E-state index is -3.43. The van der Waals surface area contributed by atoms with Crippen LogP contribution in [-0.4, -0.2) is 37.2 Å². The molecule has 0 aliphatic heterocycles. The lowest BCUT2D eigenvalue weighted by atomic mass is 10.2. The van der Waals surface area contributed by atoms with Crippen molar-refractivity contribution in [2.24, 2.45) is 0 Å². The molecule has 0 aliphatic rings. The van der Waals surface area contributed by atoms with E-state index in [0.29, 0.717) is 5.56 Å². The van der Waals surface area contributed by atoms with Gasteiger partial charge in [-0.25, -0.2) is 17.1 Å². The number of aliphatic hydroxyl groups excluding tert-OH is 1. The van der Waals surface area contributed by atoms with Crippen LogP contribution in [0, 0.1) is 5.82 Å². The largest absolute Gasteiger partial charge is 0.396 e. The maximum atomic E-state index is 13.3. The quantitative estimate of drug-likeness (QED) is 0.830. The summed E-state index contributed by atoms with van der Waals surface area (Å²) in [5, 5.41) is 8.60. The first-order valence-electron chi connectivity index (χ1n) is 5.25. The average Bonchev–Trinajstić information content (AvgIpc) is 2.29. The monoisotopic (exact) mass is 261 g/mol. The molecule has 0 radical (unpaired) electrons. The Morgan fingerprint density at radius 3 is 2.59 bits per heavy atom. The minimum absolute atomic E-state index is 0.000432. The molecule has 1 N–H and O–H groups in total. The zero-order valence-electron chi connectivity index (χ0n) is 9.63. The zero-order valence-corrected chi connectivity index (χ0v) is 10.5. The van der Waals surface area contributed by atoms with Gasteiger partial charge in [0.15, 0.2) is 0 Å². The number of hydrogen-bond acceptors (Lipinski definition) is 3. The van der Waals surface area contributed by atoms with Crippen molar-refractivity contribution in [3.63, 3.8) is 0 Å². The van der Waals surface area contributed by atoms with Gasteiger partial charge in [0, 0.05) is 25.8 Å². The summed E-state index contributed by atoms with van der Waals surface area (Å²) in [6, 6.07) is 6.06. The number of nitrogens with zero attached hydrogens (tertiary/aromatic N) is 1. The van der Waals surface area contributed by atoms with Crippen molar-refractivity contribution in [3.8, 4) is 0 Å². The predicted molar refractivity (Wildman–Crippen MR) is 63.4 cm³/mol. The third kappa shape index (κ3) is 4.07. The van der Waals surface area contributed by atoms with E-state index in [1.807, 2.05) is 0 Å². The highest BCUT2D eigenvalue weighted by atomic mass is 32.2. The molecular weight excluding hydrogens is 245 g/mol. The number of sulfonamides is 1. The molecule has 0 atom stereocenters. The van der Waals surface area contributed by atoms with Crippen molar-refractivity contribution in [2.45, 2.75) is 13.0 Å². The van der Waals surface area contributed by atoms with Crippen LogP contribution in [0.15, 0.2) is 24.3 Å². The third-order valence-corrected chi connectivity index (χ3v) is 4.27. The molecule has 1 aromatic carbocycles. The lowest BCUT2D eigenvalue weighted by molar-refractivity contribution is 0.294. The molecule has 1 aromatic rings. The zero-order chi connectivity index (χ0) is 12.9. The SMILES string of the molecule is CN(Cc1ccccc1F)S(=O)(=O)CCCO. The van der Waals surface area contributed by atoms with Gasteiger partial charge in [0.2, 0.25) is 10.0 Å². The predicted octanol–water partition coefficient (Wildman–Crippen LogP) is 0.970. The van der Waals surface area contributed by atoms with Crippen molar-refractivity contribution in [1.82, 2.24) is 4.31 Å². The fourth-order valence-electron chi connectivity index (χ4n) is 1.37. The summed E-state index contributed by atoms with van der Waals surface area (Å²) in [5.74, 6) is -0.550. The van der Waals surface area contributed by atoms with Crippen molar-refractivity contribution < 1.29 is 17.9 Å². The highest BCUT2D eigenvalue weighted by molar-refractivity contribution is 7.89. The molecule has 0 saturated heterocycles. The molecule has 0 heterocycles. The van der Waals surface area contributed by atoms with E-state index < -0.39 is 15.8 Å². The Labute approximate surface area is 101 Å². The van der Waals surface area contributed by atoms with Crippen molar-refractivity contribution >= 4 is 10.0 Å². The molecule has 17 heavy (non-hydrogen) atoms. The molecule has 96 valence electrons. The summed E-state index contributed by atoms with van der Waals surface area (Å²) in [5.41, 5.74) is 0.336. The van der Waals surface area contributed by atoms with Crippen LogP contribution in [-0.2, 0) is 16.6 Å². The molecule has 0 aliphatic carbocycles. The highest BCUT2D eigenvalue weighted by Crippen LogP contribution is 2.11. The molecule has 6 heteroatoms. The minimum Gasteiger partial charge on any atom is -0.396 e. The molecule has 4 nitrogen and oxygen atoms in total. The lowest BCUT2D eigenvalue weighted by Crippen LogP contribution is -2.29. The van der Waals surface area contributed by atoms with Gasteiger partial charge in [0.25, 0.3) is 0 Å². The van der Waals surface area contributed by atoms with Crippen LogP contribution in [0.2, 0.25) is 0 Å². The maximum Gasteiger partial charge on any atom is 0.214 e. The Morgan fingerprint density at radius 2 is 2.00 bits per heavy atom. The van der Waals surface area contributed by atoms with Crippen molar-refractivity contribution in [2.75, 3.05) is 19.4 Å². The van der Waals surface area contributed by atoms with E-state index in [4.69, 9.17) is 5.11 Å². The lowest BCUT2D eigenvalue weighted by Gasteiger charge is -2.17. The number of benzene rings is 1. The van der Waals surface area contributed by atoms with Gasteiger partial charge in [-0.3, -0.25) is 0 Å². The Kier molecular flexibility index (Phi) is 5.04. The van der Waals surface area contributed by atoms with E-state index in [-0.39, 0.29) is 25.3 Å². The van der Waals surface area contributed by atoms with Gasteiger partial charge in [-0.1, -0.05) is 18.2 Å². The second kappa shape index (κ2) is 6.09. The first-order valence-corrected chi connectivity index (χ1v) is 6.86. The van der Waals surface area contributed by atoms with Crippen LogP contribution < -0.4 is 0 Å². The summed E-state index contributed by atoms with van der Waals surface area (Å²) in [6.45, 7) is -0.173. The summed E-state index contributed by atoms with van der Waals surface area (Å²) in [7, 11) is -2.03. The fourth-order valence-corrected chi connectivity index (χ4v) is 2.51. The number of aliphatic hydroxyl groups is 1. The second-order valence-electron chi connectivity index (χ2n) is 3.74. The van der Waals surface area contributed by atoms with Gasteiger partial charge in [0.05, 0.1) is 5.75 Å². The van der Waals surface area contributed by atoms with Crippen LogP contribution in [0.4, 0.5) is 4.39 Å². The number of halogens is 1.